The van der Waals surface area contributed by atoms with Crippen molar-refractivity contribution in [2.75, 3.05) is 0 Å². The number of carbonyl (C=O) groups excluding carboxylic acids is 2. The van der Waals surface area contributed by atoms with Crippen LogP contribution in [0.1, 0.15) is 26.7 Å². The number of rotatable bonds is 5. The van der Waals surface area contributed by atoms with Gasteiger partial charge in [-0.05, 0) is 0 Å². The van der Waals surface area contributed by atoms with Crippen LogP contribution in [0.5, 0.6) is 0 Å². The molecular weight excluding hydrogens is 195 g/mol. The van der Waals surface area contributed by atoms with Gasteiger partial charge in [-0.2, -0.15) is 0 Å². The molecule has 0 saturated heterocycles. The van der Waals surface area contributed by atoms with Crippen molar-refractivity contribution >= 4 is 11.9 Å². The summed E-state index contributed by atoms with van der Waals surface area (Å²) in [7, 11) is 0. The van der Waals surface area contributed by atoms with Crippen molar-refractivity contribution in [3.63, 3.8) is 0 Å². The van der Waals surface area contributed by atoms with Crippen LogP contribution in [-0.2, 0) is 9.59 Å². The molecule has 0 amide bonds. The molecular formula is C9H13NaO4-2. The zero-order chi connectivity index (χ0) is 10.6. The monoisotopic (exact) mass is 208 g/mol. The summed E-state index contributed by atoms with van der Waals surface area (Å²) in [5.74, 6) is -4.89. The van der Waals surface area contributed by atoms with E-state index in [1.54, 1.807) is 13.8 Å². The normalized spacial score (nSPS) is 10.9. The van der Waals surface area contributed by atoms with Crippen LogP contribution >= 0.6 is 0 Å². The second-order valence-electron chi connectivity index (χ2n) is 3.14. The van der Waals surface area contributed by atoms with Gasteiger partial charge in [0, 0.05) is 17.9 Å². The maximum Gasteiger partial charge on any atom is 1.00 e. The van der Waals surface area contributed by atoms with Crippen LogP contribution in [0.4, 0.5) is 0 Å². The molecule has 0 heterocycles. The summed E-state index contributed by atoms with van der Waals surface area (Å²) in [4.78, 5) is 21.1. The van der Waals surface area contributed by atoms with Crippen molar-refractivity contribution in [3.05, 3.63) is 6.92 Å². The Hall–Kier alpha value is -0.0600. The van der Waals surface area contributed by atoms with Gasteiger partial charge in [-0.1, -0.05) is 26.7 Å². The van der Waals surface area contributed by atoms with E-state index in [-0.39, 0.29) is 29.6 Å². The summed E-state index contributed by atoms with van der Waals surface area (Å²) >= 11 is 0. The average molecular weight is 208 g/mol. The molecule has 0 aliphatic rings. The van der Waals surface area contributed by atoms with Crippen molar-refractivity contribution in [2.45, 2.75) is 26.7 Å². The first-order valence-electron chi connectivity index (χ1n) is 4.16. The van der Waals surface area contributed by atoms with Gasteiger partial charge in [0.1, 0.15) is 0 Å². The van der Waals surface area contributed by atoms with Crippen LogP contribution in [0.2, 0.25) is 0 Å². The van der Waals surface area contributed by atoms with Gasteiger partial charge in [0.15, 0.2) is 0 Å². The molecule has 4 nitrogen and oxygen atoms in total. The third-order valence-corrected chi connectivity index (χ3v) is 2.49. The fourth-order valence-electron chi connectivity index (χ4n) is 1.25. The molecule has 0 aliphatic carbocycles. The summed E-state index contributed by atoms with van der Waals surface area (Å²) in [6.45, 7) is 6.99. The summed E-state index contributed by atoms with van der Waals surface area (Å²) in [6, 6.07) is 0. The fraction of sp³-hybridized carbons (Fsp3) is 0.667. The predicted octanol–water partition coefficient (Wildman–Crippen LogP) is -4.25. The van der Waals surface area contributed by atoms with Gasteiger partial charge in [0.05, 0.1) is 0 Å². The van der Waals surface area contributed by atoms with Crippen molar-refractivity contribution in [2.24, 2.45) is 11.3 Å². The Labute approximate surface area is 106 Å². The van der Waals surface area contributed by atoms with Gasteiger partial charge in [0.2, 0.25) is 0 Å². The summed E-state index contributed by atoms with van der Waals surface area (Å²) in [5.41, 5.74) is -1.03. The largest absolute Gasteiger partial charge is 1.00 e. The standard InChI is InChI=1S/C9H15O4.Na/c1-4-9(3,5-2)6(7(10)11)8(12)13;/h6H,3-5H2,1-2H3,(H,10,11)(H,12,13);/q-1;+1/p-2. The van der Waals surface area contributed by atoms with E-state index in [1.807, 2.05) is 0 Å². The first-order valence-corrected chi connectivity index (χ1v) is 4.16. The Morgan fingerprint density at radius 3 is 1.57 bits per heavy atom. The number of aliphatic carboxylic acids is 2. The van der Waals surface area contributed by atoms with E-state index < -0.39 is 23.3 Å². The molecule has 0 spiro atoms. The maximum atomic E-state index is 10.5. The van der Waals surface area contributed by atoms with E-state index in [9.17, 15) is 19.8 Å². The molecule has 0 fully saturated rings. The van der Waals surface area contributed by atoms with Gasteiger partial charge < -0.3 is 26.7 Å². The van der Waals surface area contributed by atoms with Crippen molar-refractivity contribution in [3.8, 4) is 0 Å². The molecule has 0 radical (unpaired) electrons. The molecule has 0 saturated carbocycles. The number of carboxylic acid groups (broad SMARTS) is 2. The molecule has 76 valence electrons. The fourth-order valence-corrected chi connectivity index (χ4v) is 1.25. The SMILES string of the molecule is [CH2-]C(CC)(CC)C(C(=O)[O-])C(=O)[O-].[Na+]. The Morgan fingerprint density at radius 1 is 1.21 bits per heavy atom. The van der Waals surface area contributed by atoms with Crippen molar-refractivity contribution in [1.29, 1.82) is 0 Å². The van der Waals surface area contributed by atoms with Gasteiger partial charge in [0.25, 0.3) is 0 Å². The molecule has 0 aliphatic heterocycles. The van der Waals surface area contributed by atoms with Gasteiger partial charge in [-0.15, -0.1) is 5.41 Å². The average Bonchev–Trinajstić information content (AvgIpc) is 2.02. The first-order chi connectivity index (χ1) is 5.89. The third-order valence-electron chi connectivity index (χ3n) is 2.49. The Bertz CT molecular complexity index is 197. The minimum absolute atomic E-state index is 0. The van der Waals surface area contributed by atoms with Crippen molar-refractivity contribution < 1.29 is 49.4 Å². The minimum Gasteiger partial charge on any atom is -0.550 e. The van der Waals surface area contributed by atoms with Gasteiger partial charge >= 0.3 is 29.6 Å². The molecule has 0 atom stereocenters. The van der Waals surface area contributed by atoms with Crippen LogP contribution in [-0.4, -0.2) is 11.9 Å². The number of carboxylic acids is 2. The van der Waals surface area contributed by atoms with E-state index in [0.717, 1.165) is 0 Å². The van der Waals surface area contributed by atoms with E-state index in [0.29, 0.717) is 12.8 Å². The van der Waals surface area contributed by atoms with E-state index in [2.05, 4.69) is 6.92 Å². The first kappa shape index (κ1) is 16.4. The summed E-state index contributed by atoms with van der Waals surface area (Å²) in [5, 5.41) is 21.1. The maximum absolute atomic E-state index is 10.5. The summed E-state index contributed by atoms with van der Waals surface area (Å²) < 4.78 is 0. The third kappa shape index (κ3) is 3.59. The van der Waals surface area contributed by atoms with Crippen LogP contribution in [0.25, 0.3) is 0 Å². The molecule has 0 unspecified atom stereocenters. The smallest absolute Gasteiger partial charge is 0.550 e. The second kappa shape index (κ2) is 6.43. The molecule has 0 aromatic carbocycles. The van der Waals surface area contributed by atoms with E-state index in [1.165, 1.54) is 0 Å². The number of carbonyl (C=O) groups is 2. The zero-order valence-corrected chi connectivity index (χ0v) is 10.8. The van der Waals surface area contributed by atoms with Gasteiger partial charge in [-0.25, -0.2) is 0 Å². The predicted molar refractivity (Wildman–Crippen MR) is 41.9 cm³/mol. The molecule has 0 N–H and O–H groups in total. The molecule has 0 rings (SSSR count). The topological polar surface area (TPSA) is 80.3 Å². The van der Waals surface area contributed by atoms with Crippen LogP contribution < -0.4 is 39.8 Å². The molecule has 5 heteroatoms. The Kier molecular flexibility index (Phi) is 7.52. The molecule has 0 aromatic rings. The molecule has 0 bridgehead atoms. The van der Waals surface area contributed by atoms with Crippen LogP contribution in [0, 0.1) is 18.3 Å². The second-order valence-corrected chi connectivity index (χ2v) is 3.14. The number of hydrogen-bond donors (Lipinski definition) is 0. The number of hydrogen-bond acceptors (Lipinski definition) is 4. The minimum atomic E-state index is -1.64. The van der Waals surface area contributed by atoms with Crippen molar-refractivity contribution in [1.82, 2.24) is 0 Å². The quantitative estimate of drug-likeness (QED) is 0.260. The van der Waals surface area contributed by atoms with E-state index in [4.69, 9.17) is 0 Å². The van der Waals surface area contributed by atoms with Gasteiger partial charge in [-0.3, -0.25) is 0 Å². The van der Waals surface area contributed by atoms with Crippen LogP contribution in [0.3, 0.4) is 0 Å². The zero-order valence-electron chi connectivity index (χ0n) is 8.83. The Morgan fingerprint density at radius 2 is 1.50 bits per heavy atom. The van der Waals surface area contributed by atoms with Crippen LogP contribution in [0.15, 0.2) is 0 Å². The molecule has 14 heavy (non-hydrogen) atoms. The Balaban J connectivity index is 0. The van der Waals surface area contributed by atoms with E-state index >= 15 is 0 Å². The summed E-state index contributed by atoms with van der Waals surface area (Å²) in [6.07, 6.45) is 0.715. The molecule has 0 aromatic heterocycles.